The summed E-state index contributed by atoms with van der Waals surface area (Å²) in [4.78, 5) is 0. The van der Waals surface area contributed by atoms with Gasteiger partial charge in [-0.05, 0) is 19.3 Å². The lowest BCUT2D eigenvalue weighted by Gasteiger charge is -2.03. The molecule has 3 N–H and O–H groups in total. The van der Waals surface area contributed by atoms with Crippen molar-refractivity contribution in [3.63, 3.8) is 0 Å². The minimum Gasteiger partial charge on any atom is -0.325 e. The van der Waals surface area contributed by atoms with Gasteiger partial charge in [0.2, 0.25) is 4.77 Å². The lowest BCUT2D eigenvalue weighted by atomic mass is 11.2. The predicted octanol–water partition coefficient (Wildman–Crippen LogP) is 1.26. The van der Waals surface area contributed by atoms with Crippen molar-refractivity contribution in [1.82, 2.24) is 9.11 Å². The molecule has 0 aliphatic carbocycles. The third-order valence-corrected chi connectivity index (χ3v) is 4.57. The maximum atomic E-state index is 5.24. The van der Waals surface area contributed by atoms with Gasteiger partial charge in [0.05, 0.1) is 7.84 Å². The molecule has 1 atom stereocenters. The van der Waals surface area contributed by atoms with Crippen molar-refractivity contribution in [3.8, 4) is 0 Å². The first-order valence-corrected chi connectivity index (χ1v) is 5.78. The SMILES string of the molecule is CNn1c(=S)n(NC)p(NC)c1=S. The standard InChI is InChI=1S/C5H12N5PS2/c1-6-9-4(12)10(7-2)11(8-3)5(9)13/h6-8H,1-3H3. The third kappa shape index (κ3) is 1.65. The van der Waals surface area contributed by atoms with E-state index in [-0.39, 0.29) is 0 Å². The van der Waals surface area contributed by atoms with Crippen LogP contribution in [0, 0.1) is 9.14 Å². The topological polar surface area (TPSA) is 46.0 Å². The predicted molar refractivity (Wildman–Crippen MR) is 62.7 cm³/mol. The highest BCUT2D eigenvalue weighted by Gasteiger charge is 2.07. The normalized spacial score (nSPS) is 11.5. The zero-order valence-corrected chi connectivity index (χ0v) is 10.2. The van der Waals surface area contributed by atoms with Gasteiger partial charge < -0.3 is 10.9 Å². The minimum atomic E-state index is -0.726. The summed E-state index contributed by atoms with van der Waals surface area (Å²) in [5, 5.41) is 3.13. The van der Waals surface area contributed by atoms with Crippen molar-refractivity contribution in [2.45, 2.75) is 0 Å². The van der Waals surface area contributed by atoms with E-state index in [4.69, 9.17) is 24.4 Å². The molecule has 1 rings (SSSR count). The largest absolute Gasteiger partial charge is 0.325 e. The zero-order valence-electron chi connectivity index (χ0n) is 7.66. The van der Waals surface area contributed by atoms with Gasteiger partial charge in [0.1, 0.15) is 0 Å². The maximum Gasteiger partial charge on any atom is 0.223 e. The highest BCUT2D eigenvalue weighted by Crippen LogP contribution is 2.24. The van der Waals surface area contributed by atoms with Gasteiger partial charge in [0.15, 0.2) is 4.37 Å². The van der Waals surface area contributed by atoms with Crippen LogP contribution in [-0.4, -0.2) is 30.3 Å². The molecule has 0 amide bonds. The highest BCUT2D eigenvalue weighted by molar-refractivity contribution is 7.76. The highest BCUT2D eigenvalue weighted by atomic mass is 32.1. The quantitative estimate of drug-likeness (QED) is 0.691. The molecule has 1 aromatic heterocycles. The average molecular weight is 237 g/mol. The summed E-state index contributed by atoms with van der Waals surface area (Å²) < 4.78 is 4.99. The van der Waals surface area contributed by atoms with Gasteiger partial charge >= 0.3 is 0 Å². The molecule has 1 heterocycles. The van der Waals surface area contributed by atoms with Gasteiger partial charge in [0, 0.05) is 14.1 Å². The fourth-order valence-corrected chi connectivity index (χ4v) is 3.77. The molecule has 8 heteroatoms. The molecule has 5 nitrogen and oxygen atoms in total. The van der Waals surface area contributed by atoms with Gasteiger partial charge in [-0.1, -0.05) is 12.2 Å². The Morgan fingerprint density at radius 3 is 2.08 bits per heavy atom. The Kier molecular flexibility index (Phi) is 3.49. The van der Waals surface area contributed by atoms with Gasteiger partial charge in [-0.3, -0.25) is 5.09 Å². The summed E-state index contributed by atoms with van der Waals surface area (Å²) in [5.74, 6) is 0. The van der Waals surface area contributed by atoms with E-state index in [0.717, 1.165) is 4.37 Å². The summed E-state index contributed by atoms with van der Waals surface area (Å²) in [5.41, 5.74) is 5.94. The molecular formula is C5H12N5PS2. The monoisotopic (exact) mass is 237 g/mol. The molecule has 0 aliphatic rings. The summed E-state index contributed by atoms with van der Waals surface area (Å²) in [7, 11) is 4.75. The van der Waals surface area contributed by atoms with E-state index in [1.165, 1.54) is 0 Å². The molecule has 0 aliphatic heterocycles. The number of nitrogens with zero attached hydrogens (tertiary/aromatic N) is 2. The number of rotatable bonds is 3. The third-order valence-electron chi connectivity index (χ3n) is 1.59. The molecule has 0 fully saturated rings. The Hall–Kier alpha value is -0.360. The smallest absolute Gasteiger partial charge is 0.223 e. The molecule has 74 valence electrons. The Morgan fingerprint density at radius 1 is 1.15 bits per heavy atom. The van der Waals surface area contributed by atoms with Crippen LogP contribution >= 0.6 is 32.3 Å². The number of aromatic nitrogens is 2. The number of hydrogen-bond acceptors (Lipinski definition) is 5. The Morgan fingerprint density at radius 2 is 1.77 bits per heavy atom. The molecule has 0 spiro atoms. The van der Waals surface area contributed by atoms with E-state index in [9.17, 15) is 0 Å². The molecule has 13 heavy (non-hydrogen) atoms. The molecular weight excluding hydrogens is 225 g/mol. The van der Waals surface area contributed by atoms with Crippen LogP contribution in [0.25, 0.3) is 0 Å². The van der Waals surface area contributed by atoms with Gasteiger partial charge in [-0.15, -0.1) is 0 Å². The van der Waals surface area contributed by atoms with Gasteiger partial charge in [-0.2, -0.15) is 0 Å². The Bertz CT molecular complexity index is 367. The fourth-order valence-electron chi connectivity index (χ4n) is 1.02. The van der Waals surface area contributed by atoms with Crippen molar-refractivity contribution in [1.29, 1.82) is 0 Å². The van der Waals surface area contributed by atoms with Crippen LogP contribution in [0.1, 0.15) is 0 Å². The van der Waals surface area contributed by atoms with E-state index in [2.05, 4.69) is 15.9 Å². The van der Waals surface area contributed by atoms with Crippen LogP contribution in [0.15, 0.2) is 0 Å². The summed E-state index contributed by atoms with van der Waals surface area (Å²) >= 11 is 10.4. The van der Waals surface area contributed by atoms with E-state index >= 15 is 0 Å². The Labute approximate surface area is 87.9 Å². The zero-order chi connectivity index (χ0) is 10.0. The van der Waals surface area contributed by atoms with Crippen molar-refractivity contribution in [2.75, 3.05) is 37.1 Å². The first-order valence-electron chi connectivity index (χ1n) is 3.67. The second-order valence-corrected chi connectivity index (χ2v) is 5.14. The van der Waals surface area contributed by atoms with E-state index in [0.29, 0.717) is 4.77 Å². The van der Waals surface area contributed by atoms with Crippen LogP contribution in [-0.2, 0) is 0 Å². The van der Waals surface area contributed by atoms with Gasteiger partial charge in [0.25, 0.3) is 0 Å². The molecule has 0 radical (unpaired) electrons. The number of nitrogens with one attached hydrogen (secondary N) is 3. The van der Waals surface area contributed by atoms with E-state index < -0.39 is 7.84 Å². The summed E-state index contributed by atoms with van der Waals surface area (Å²) in [6, 6.07) is 0. The van der Waals surface area contributed by atoms with E-state index in [1.54, 1.807) is 11.7 Å². The van der Waals surface area contributed by atoms with Crippen molar-refractivity contribution < 1.29 is 0 Å². The van der Waals surface area contributed by atoms with Crippen LogP contribution in [0.3, 0.4) is 0 Å². The second-order valence-electron chi connectivity index (χ2n) is 2.19. The van der Waals surface area contributed by atoms with Crippen molar-refractivity contribution >= 4 is 32.3 Å². The first-order chi connectivity index (χ1) is 6.17. The molecule has 0 bridgehead atoms. The lowest BCUT2D eigenvalue weighted by molar-refractivity contribution is 0.837. The van der Waals surface area contributed by atoms with Crippen LogP contribution in [0.2, 0.25) is 0 Å². The molecule has 0 aromatic carbocycles. The van der Waals surface area contributed by atoms with Crippen LogP contribution < -0.4 is 15.9 Å². The van der Waals surface area contributed by atoms with E-state index in [1.807, 2.05) is 18.5 Å². The maximum absolute atomic E-state index is 5.24. The van der Waals surface area contributed by atoms with Crippen LogP contribution in [0.5, 0.6) is 0 Å². The molecule has 0 saturated carbocycles. The van der Waals surface area contributed by atoms with Crippen LogP contribution in [0.4, 0.5) is 0 Å². The lowest BCUT2D eigenvalue weighted by Crippen LogP contribution is -2.13. The fraction of sp³-hybridized carbons (Fsp3) is 0.600. The Balaban J connectivity index is 3.52. The minimum absolute atomic E-state index is 0.649. The van der Waals surface area contributed by atoms with Crippen molar-refractivity contribution in [2.24, 2.45) is 0 Å². The molecule has 1 aromatic rings. The second kappa shape index (κ2) is 4.23. The van der Waals surface area contributed by atoms with Gasteiger partial charge in [-0.25, -0.2) is 9.11 Å². The molecule has 0 saturated heterocycles. The average Bonchev–Trinajstić information content (AvgIpc) is 2.36. The first kappa shape index (κ1) is 10.7. The summed E-state index contributed by atoms with van der Waals surface area (Å²) in [6.45, 7) is 0. The van der Waals surface area contributed by atoms with Crippen molar-refractivity contribution in [3.05, 3.63) is 9.14 Å². The summed E-state index contributed by atoms with van der Waals surface area (Å²) in [6.07, 6.45) is 0. The molecule has 1 unspecified atom stereocenters. The number of hydrogen-bond donors (Lipinski definition) is 3.